The van der Waals surface area contributed by atoms with Gasteiger partial charge >= 0.3 is 0 Å². The van der Waals surface area contributed by atoms with Crippen molar-refractivity contribution in [3.05, 3.63) is 0 Å². The third-order valence-electron chi connectivity index (χ3n) is 2.39. The summed E-state index contributed by atoms with van der Waals surface area (Å²) in [4.78, 5) is 0. The van der Waals surface area contributed by atoms with Crippen molar-refractivity contribution < 1.29 is 4.74 Å². The molecule has 74 valence electrons. The summed E-state index contributed by atoms with van der Waals surface area (Å²) in [6.07, 6.45) is 6.14. The maximum Gasteiger partial charge on any atom is 0.129 e. The first-order valence-corrected chi connectivity index (χ1v) is 7.26. The minimum absolute atomic E-state index is 0.0926. The summed E-state index contributed by atoms with van der Waals surface area (Å²) in [6, 6.07) is 0. The van der Waals surface area contributed by atoms with Gasteiger partial charge in [-0.15, -0.1) is 0 Å². The van der Waals surface area contributed by atoms with E-state index in [1.54, 1.807) is 0 Å². The molecule has 13 heavy (non-hydrogen) atoms. The van der Waals surface area contributed by atoms with Gasteiger partial charge in [-0.25, -0.2) is 0 Å². The minimum atomic E-state index is -0.0926. The van der Waals surface area contributed by atoms with E-state index in [0.717, 1.165) is 23.9 Å². The smallest absolute Gasteiger partial charge is 0.129 e. The quantitative estimate of drug-likeness (QED) is 0.398. The van der Waals surface area contributed by atoms with Crippen molar-refractivity contribution in [2.75, 3.05) is 11.0 Å². The summed E-state index contributed by atoms with van der Waals surface area (Å²) in [6.45, 7) is 0.839. The lowest BCUT2D eigenvalue weighted by Gasteiger charge is -2.32. The predicted octanol–water partition coefficient (Wildman–Crippen LogP) is 3.54. The van der Waals surface area contributed by atoms with E-state index >= 15 is 0 Å². The first kappa shape index (κ1) is 12.1. The van der Waals surface area contributed by atoms with Gasteiger partial charge < -0.3 is 4.74 Å². The number of ether oxygens (including phenoxy) is 1. The molecule has 0 aromatic heterocycles. The summed E-state index contributed by atoms with van der Waals surface area (Å²) < 4.78 is 9.91. The number of hydrogen-bond donors (Lipinski definition) is 0. The van der Waals surface area contributed by atoms with Crippen molar-refractivity contribution in [2.24, 2.45) is 0 Å². The maximum atomic E-state index is 5.87. The molecule has 0 aromatic rings. The Labute approximate surface area is 108 Å². The molecule has 1 aliphatic rings. The summed E-state index contributed by atoms with van der Waals surface area (Å²) in [7, 11) is 0. The van der Waals surface area contributed by atoms with Gasteiger partial charge in [-0.3, -0.25) is 0 Å². The Kier molecular flexibility index (Phi) is 5.99. The molecule has 1 aliphatic carbocycles. The highest BCUT2D eigenvalue weighted by Crippen LogP contribution is 2.31. The molecule has 0 aliphatic heterocycles. The topological polar surface area (TPSA) is 9.23 Å². The molecule has 3 heteroatoms. The van der Waals surface area contributed by atoms with Gasteiger partial charge in [0.25, 0.3) is 0 Å². The van der Waals surface area contributed by atoms with Gasteiger partial charge in [-0.1, -0.05) is 34.9 Å². The van der Waals surface area contributed by atoms with Gasteiger partial charge in [0.05, 0.1) is 6.61 Å². The molecule has 1 rings (SSSR count). The highest BCUT2D eigenvalue weighted by molar-refractivity contribution is 14.1. The molecule has 0 unspecified atom stereocenters. The molecule has 0 bridgehead atoms. The van der Waals surface area contributed by atoms with E-state index < -0.39 is 0 Å². The zero-order valence-electron chi connectivity index (χ0n) is 7.61. The van der Waals surface area contributed by atoms with E-state index in [1.807, 2.05) is 0 Å². The standard InChI is InChI=1S/C10H14I2O/c11-7-6-10(13-9-8-12)4-2-1-3-5-10/h1-5,8-9H2. The van der Waals surface area contributed by atoms with Crippen LogP contribution in [0.25, 0.3) is 0 Å². The zero-order chi connectivity index (χ0) is 9.57. The van der Waals surface area contributed by atoms with Crippen LogP contribution in [0.3, 0.4) is 0 Å². The van der Waals surface area contributed by atoms with E-state index in [1.165, 1.54) is 19.3 Å². The van der Waals surface area contributed by atoms with Gasteiger partial charge in [0.1, 0.15) is 5.60 Å². The molecule has 0 aromatic carbocycles. The number of hydrogen-bond acceptors (Lipinski definition) is 1. The molecule has 1 saturated carbocycles. The molecule has 0 saturated heterocycles. The van der Waals surface area contributed by atoms with Gasteiger partial charge in [-0.2, -0.15) is 0 Å². The van der Waals surface area contributed by atoms with Crippen molar-refractivity contribution in [3.63, 3.8) is 0 Å². The summed E-state index contributed by atoms with van der Waals surface area (Å²) >= 11 is 4.45. The third kappa shape index (κ3) is 3.92. The third-order valence-corrected chi connectivity index (χ3v) is 3.10. The summed E-state index contributed by atoms with van der Waals surface area (Å²) in [5.74, 6) is 3.24. The second kappa shape index (κ2) is 6.46. The fraction of sp³-hybridized carbons (Fsp3) is 0.800. The Hall–Kier alpha value is 0.980. The number of halogens is 2. The van der Waals surface area contributed by atoms with Crippen LogP contribution in [0.1, 0.15) is 32.1 Å². The Morgan fingerprint density at radius 2 is 1.92 bits per heavy atom. The highest BCUT2D eigenvalue weighted by Gasteiger charge is 2.30. The Bertz CT molecular complexity index is 199. The van der Waals surface area contributed by atoms with Crippen LogP contribution >= 0.6 is 45.2 Å². The predicted molar refractivity (Wildman–Crippen MR) is 72.5 cm³/mol. The van der Waals surface area contributed by atoms with Crippen LogP contribution in [0.2, 0.25) is 0 Å². The van der Waals surface area contributed by atoms with E-state index in [9.17, 15) is 0 Å². The van der Waals surface area contributed by atoms with Crippen LogP contribution in [0, 0.1) is 9.85 Å². The molecule has 1 nitrogen and oxygen atoms in total. The molecule has 0 atom stereocenters. The Balaban J connectivity index is 2.54. The van der Waals surface area contributed by atoms with Gasteiger partial charge in [0.2, 0.25) is 0 Å². The normalized spacial score (nSPS) is 20.5. The molecular formula is C10H14I2O. The summed E-state index contributed by atoms with van der Waals surface area (Å²) in [5, 5.41) is 0. The monoisotopic (exact) mass is 404 g/mol. The van der Waals surface area contributed by atoms with E-state index in [4.69, 9.17) is 4.74 Å². The molecule has 0 N–H and O–H groups in total. The second-order valence-electron chi connectivity index (χ2n) is 3.31. The van der Waals surface area contributed by atoms with Crippen LogP contribution in [-0.4, -0.2) is 16.6 Å². The van der Waals surface area contributed by atoms with Crippen LogP contribution in [0.4, 0.5) is 0 Å². The van der Waals surface area contributed by atoms with Crippen LogP contribution < -0.4 is 0 Å². The SMILES string of the molecule is IC#CC1(OCCI)CCCCC1. The molecular weight excluding hydrogens is 390 g/mol. The van der Waals surface area contributed by atoms with E-state index in [0.29, 0.717) is 0 Å². The van der Waals surface area contributed by atoms with Crippen molar-refractivity contribution in [1.82, 2.24) is 0 Å². The lowest BCUT2D eigenvalue weighted by atomic mass is 9.85. The largest absolute Gasteiger partial charge is 0.362 e. The zero-order valence-corrected chi connectivity index (χ0v) is 11.9. The van der Waals surface area contributed by atoms with Crippen molar-refractivity contribution in [3.8, 4) is 9.85 Å². The average Bonchev–Trinajstić information content (AvgIpc) is 2.17. The molecule has 0 spiro atoms. The molecule has 1 fully saturated rings. The van der Waals surface area contributed by atoms with Crippen molar-refractivity contribution in [2.45, 2.75) is 37.7 Å². The fourth-order valence-corrected chi connectivity index (χ4v) is 2.46. The number of rotatable bonds is 3. The van der Waals surface area contributed by atoms with Crippen molar-refractivity contribution in [1.29, 1.82) is 0 Å². The van der Waals surface area contributed by atoms with Gasteiger partial charge in [-0.05, 0) is 29.6 Å². The molecule has 0 amide bonds. The summed E-state index contributed by atoms with van der Waals surface area (Å²) in [5.41, 5.74) is -0.0926. The average molecular weight is 404 g/mol. The number of alkyl halides is 1. The second-order valence-corrected chi connectivity index (χ2v) is 4.93. The van der Waals surface area contributed by atoms with Gasteiger partial charge in [0.15, 0.2) is 0 Å². The van der Waals surface area contributed by atoms with Crippen LogP contribution in [0.15, 0.2) is 0 Å². The van der Waals surface area contributed by atoms with Gasteiger partial charge in [0, 0.05) is 27.0 Å². The first-order valence-electron chi connectivity index (χ1n) is 4.66. The van der Waals surface area contributed by atoms with E-state index in [2.05, 4.69) is 55.0 Å². The Morgan fingerprint density at radius 1 is 1.23 bits per heavy atom. The molecule has 0 heterocycles. The highest BCUT2D eigenvalue weighted by atomic mass is 127. The first-order chi connectivity index (χ1) is 6.33. The minimum Gasteiger partial charge on any atom is -0.362 e. The van der Waals surface area contributed by atoms with Crippen LogP contribution in [0.5, 0.6) is 0 Å². The molecule has 0 radical (unpaired) electrons. The fourth-order valence-electron chi connectivity index (χ4n) is 1.75. The lowest BCUT2D eigenvalue weighted by Crippen LogP contribution is -2.34. The maximum absolute atomic E-state index is 5.87. The van der Waals surface area contributed by atoms with Crippen LogP contribution in [-0.2, 0) is 4.74 Å². The van der Waals surface area contributed by atoms with Crippen molar-refractivity contribution >= 4 is 45.2 Å². The Morgan fingerprint density at radius 3 is 2.46 bits per heavy atom. The van der Waals surface area contributed by atoms with E-state index in [-0.39, 0.29) is 5.60 Å². The lowest BCUT2D eigenvalue weighted by molar-refractivity contribution is -0.0167.